The molecule has 0 bridgehead atoms. The van der Waals surface area contributed by atoms with Gasteiger partial charge in [-0.05, 0) is 12.8 Å². The third-order valence-corrected chi connectivity index (χ3v) is 1.69. The van der Waals surface area contributed by atoms with Crippen molar-refractivity contribution >= 4 is 0 Å². The molecule has 1 aliphatic carbocycles. The van der Waals surface area contributed by atoms with E-state index in [4.69, 9.17) is 0 Å². The second kappa shape index (κ2) is 3.40. The van der Waals surface area contributed by atoms with E-state index in [1.807, 2.05) is 0 Å². The van der Waals surface area contributed by atoms with Crippen LogP contribution in [0.4, 0.5) is 0 Å². The third kappa shape index (κ3) is 1.87. The summed E-state index contributed by atoms with van der Waals surface area (Å²) in [4.78, 5) is 0. The maximum absolute atomic E-state index is 3.92. The number of hydrogen-bond acceptors (Lipinski definition) is 0. The minimum absolute atomic E-state index is 1.09. The van der Waals surface area contributed by atoms with E-state index < -0.39 is 0 Å². The smallest absolute Gasteiger partial charge is 0.00699 e. The van der Waals surface area contributed by atoms with Crippen molar-refractivity contribution in [3.8, 4) is 0 Å². The molecule has 0 unspecified atom stereocenters. The molecule has 10 heavy (non-hydrogen) atoms. The standard InChI is InChI=1S/C10H14/c1-3-5-10-7-4-6-9(2)8-10/h4,6-7H,2-3,5,8H2,1H3. The Morgan fingerprint density at radius 3 is 3.00 bits per heavy atom. The Balaban J connectivity index is 2.53. The average molecular weight is 134 g/mol. The lowest BCUT2D eigenvalue weighted by atomic mass is 9.98. The first-order valence-corrected chi connectivity index (χ1v) is 3.87. The van der Waals surface area contributed by atoms with Crippen LogP contribution in [0.3, 0.4) is 0 Å². The Hall–Kier alpha value is -0.780. The number of hydrogen-bond donors (Lipinski definition) is 0. The second-order valence-electron chi connectivity index (χ2n) is 2.77. The first-order valence-electron chi connectivity index (χ1n) is 3.87. The largest absolute Gasteiger partial charge is 0.0955 e. The van der Waals surface area contributed by atoms with Crippen LogP contribution in [0, 0.1) is 0 Å². The van der Waals surface area contributed by atoms with Gasteiger partial charge in [-0.3, -0.25) is 0 Å². The molecule has 0 saturated heterocycles. The van der Waals surface area contributed by atoms with Gasteiger partial charge in [0.1, 0.15) is 0 Å². The Morgan fingerprint density at radius 1 is 1.60 bits per heavy atom. The lowest BCUT2D eigenvalue weighted by Gasteiger charge is -2.08. The maximum Gasteiger partial charge on any atom is -0.00699 e. The summed E-state index contributed by atoms with van der Waals surface area (Å²) in [5, 5.41) is 0. The van der Waals surface area contributed by atoms with Gasteiger partial charge in [0.15, 0.2) is 0 Å². The highest BCUT2D eigenvalue weighted by Gasteiger charge is 1.99. The predicted octanol–water partition coefficient (Wildman–Crippen LogP) is 3.23. The zero-order valence-corrected chi connectivity index (χ0v) is 6.56. The van der Waals surface area contributed by atoms with E-state index in [1.54, 1.807) is 0 Å². The van der Waals surface area contributed by atoms with Gasteiger partial charge < -0.3 is 0 Å². The molecule has 0 amide bonds. The number of rotatable bonds is 2. The Morgan fingerprint density at radius 2 is 2.40 bits per heavy atom. The second-order valence-corrected chi connectivity index (χ2v) is 2.77. The molecule has 0 nitrogen and oxygen atoms in total. The van der Waals surface area contributed by atoms with Gasteiger partial charge in [-0.15, -0.1) is 0 Å². The van der Waals surface area contributed by atoms with Gasteiger partial charge >= 0.3 is 0 Å². The van der Waals surface area contributed by atoms with Gasteiger partial charge in [-0.2, -0.15) is 0 Å². The summed E-state index contributed by atoms with van der Waals surface area (Å²) >= 11 is 0. The molecule has 0 aromatic carbocycles. The van der Waals surface area contributed by atoms with Crippen LogP contribution in [0.5, 0.6) is 0 Å². The van der Waals surface area contributed by atoms with Crippen LogP contribution >= 0.6 is 0 Å². The first kappa shape index (κ1) is 7.33. The van der Waals surface area contributed by atoms with Gasteiger partial charge in [0, 0.05) is 0 Å². The van der Waals surface area contributed by atoms with Crippen molar-refractivity contribution in [3.63, 3.8) is 0 Å². The van der Waals surface area contributed by atoms with Crippen LogP contribution in [0.25, 0.3) is 0 Å². The summed E-state index contributed by atoms with van der Waals surface area (Å²) in [6.07, 6.45) is 9.94. The lowest BCUT2D eigenvalue weighted by Crippen LogP contribution is -1.88. The van der Waals surface area contributed by atoms with E-state index in [1.165, 1.54) is 24.0 Å². The minimum Gasteiger partial charge on any atom is -0.0955 e. The number of allylic oxidation sites excluding steroid dienone is 5. The van der Waals surface area contributed by atoms with Gasteiger partial charge in [0.05, 0.1) is 0 Å². The summed E-state index contributed by atoms with van der Waals surface area (Å²) in [5.74, 6) is 0. The SMILES string of the molecule is C=C1C=CC=C(CCC)C1. The molecule has 0 fully saturated rings. The summed E-state index contributed by atoms with van der Waals surface area (Å²) in [7, 11) is 0. The third-order valence-electron chi connectivity index (χ3n) is 1.69. The molecule has 54 valence electrons. The average Bonchev–Trinajstić information content (AvgIpc) is 1.88. The highest BCUT2D eigenvalue weighted by Crippen LogP contribution is 2.19. The van der Waals surface area contributed by atoms with Crippen LogP contribution in [0.1, 0.15) is 26.2 Å². The Kier molecular flexibility index (Phi) is 2.49. The van der Waals surface area contributed by atoms with Crippen molar-refractivity contribution in [3.05, 3.63) is 36.0 Å². The van der Waals surface area contributed by atoms with E-state index in [-0.39, 0.29) is 0 Å². The molecule has 0 heterocycles. The van der Waals surface area contributed by atoms with Crippen molar-refractivity contribution in [1.29, 1.82) is 0 Å². The van der Waals surface area contributed by atoms with Crippen LogP contribution in [-0.4, -0.2) is 0 Å². The van der Waals surface area contributed by atoms with Crippen LogP contribution in [0.15, 0.2) is 36.0 Å². The quantitative estimate of drug-likeness (QED) is 0.544. The van der Waals surface area contributed by atoms with E-state index >= 15 is 0 Å². The van der Waals surface area contributed by atoms with Crippen LogP contribution < -0.4 is 0 Å². The zero-order chi connectivity index (χ0) is 7.40. The molecule has 0 aromatic rings. The fraction of sp³-hybridized carbons (Fsp3) is 0.400. The fourth-order valence-electron chi connectivity index (χ4n) is 1.22. The van der Waals surface area contributed by atoms with Crippen LogP contribution in [-0.2, 0) is 0 Å². The Bertz CT molecular complexity index is 182. The predicted molar refractivity (Wildman–Crippen MR) is 45.9 cm³/mol. The fourth-order valence-corrected chi connectivity index (χ4v) is 1.22. The van der Waals surface area contributed by atoms with Crippen molar-refractivity contribution in [1.82, 2.24) is 0 Å². The summed E-state index contributed by atoms with van der Waals surface area (Å²) in [5.41, 5.74) is 2.76. The summed E-state index contributed by atoms with van der Waals surface area (Å²) < 4.78 is 0. The van der Waals surface area contributed by atoms with Crippen molar-refractivity contribution in [2.24, 2.45) is 0 Å². The highest BCUT2D eigenvalue weighted by atomic mass is 14.1. The lowest BCUT2D eigenvalue weighted by molar-refractivity contribution is 0.869. The summed E-state index contributed by atoms with van der Waals surface area (Å²) in [6.45, 7) is 6.13. The molecule has 0 N–H and O–H groups in total. The molecule has 0 aliphatic heterocycles. The molecule has 0 radical (unpaired) electrons. The van der Waals surface area contributed by atoms with E-state index in [0.717, 1.165) is 6.42 Å². The van der Waals surface area contributed by atoms with Crippen molar-refractivity contribution in [2.45, 2.75) is 26.2 Å². The first-order chi connectivity index (χ1) is 4.83. The molecular weight excluding hydrogens is 120 g/mol. The van der Waals surface area contributed by atoms with Gasteiger partial charge in [0.25, 0.3) is 0 Å². The van der Waals surface area contributed by atoms with Gasteiger partial charge in [-0.25, -0.2) is 0 Å². The summed E-state index contributed by atoms with van der Waals surface area (Å²) in [6, 6.07) is 0. The molecule has 0 heteroatoms. The van der Waals surface area contributed by atoms with E-state index in [0.29, 0.717) is 0 Å². The molecule has 0 atom stereocenters. The molecular formula is C10H14. The maximum atomic E-state index is 3.92. The van der Waals surface area contributed by atoms with E-state index in [9.17, 15) is 0 Å². The Labute approximate surface area is 62.9 Å². The molecule has 0 aromatic heterocycles. The molecule has 1 rings (SSSR count). The highest BCUT2D eigenvalue weighted by molar-refractivity contribution is 5.32. The van der Waals surface area contributed by atoms with Crippen molar-refractivity contribution < 1.29 is 0 Å². The minimum atomic E-state index is 1.09. The topological polar surface area (TPSA) is 0 Å². The monoisotopic (exact) mass is 134 g/mol. The van der Waals surface area contributed by atoms with Gasteiger partial charge in [-0.1, -0.05) is 49.3 Å². The molecule has 0 saturated carbocycles. The normalized spacial score (nSPS) is 17.3. The zero-order valence-electron chi connectivity index (χ0n) is 6.56. The molecule has 0 spiro atoms. The molecule has 1 aliphatic rings. The van der Waals surface area contributed by atoms with Gasteiger partial charge in [0.2, 0.25) is 0 Å². The van der Waals surface area contributed by atoms with Crippen LogP contribution in [0.2, 0.25) is 0 Å². The van der Waals surface area contributed by atoms with Crippen molar-refractivity contribution in [2.75, 3.05) is 0 Å². The van der Waals surface area contributed by atoms with E-state index in [2.05, 4.69) is 31.7 Å².